The fraction of sp³-hybridized carbons (Fsp3) is 0.375. The number of terminal acetylenes is 1. The van der Waals surface area contributed by atoms with Crippen molar-refractivity contribution in [2.75, 3.05) is 30.0 Å². The molecule has 110 valence electrons. The first-order valence-corrected chi connectivity index (χ1v) is 9.02. The maximum Gasteiger partial charge on any atom is 0.127 e. The van der Waals surface area contributed by atoms with Gasteiger partial charge in [0, 0.05) is 24.5 Å². The molecule has 0 radical (unpaired) electrons. The number of aromatic nitrogens is 2. The second-order valence-corrected chi connectivity index (χ2v) is 6.59. The SMILES string of the molecule is C#CCN(CCCSC)c1sc(-c2cccnc2)nc1C. The van der Waals surface area contributed by atoms with Gasteiger partial charge in [-0.1, -0.05) is 17.3 Å². The minimum atomic E-state index is 0.629. The standard InChI is InChI=1S/C16H19N3S2/c1-4-9-19(10-6-11-20-3)16-13(2)18-15(21-16)14-7-5-8-17-12-14/h1,5,7-8,12H,6,9-11H2,2-3H3. The lowest BCUT2D eigenvalue weighted by Crippen LogP contribution is -2.24. The van der Waals surface area contributed by atoms with Gasteiger partial charge in [-0.25, -0.2) is 4.98 Å². The maximum atomic E-state index is 5.52. The first-order chi connectivity index (χ1) is 10.3. The van der Waals surface area contributed by atoms with E-state index in [0.717, 1.165) is 35.0 Å². The zero-order valence-electron chi connectivity index (χ0n) is 12.4. The van der Waals surface area contributed by atoms with Crippen molar-refractivity contribution < 1.29 is 0 Å². The highest BCUT2D eigenvalue weighted by atomic mass is 32.2. The van der Waals surface area contributed by atoms with E-state index in [1.54, 1.807) is 17.5 Å². The van der Waals surface area contributed by atoms with Crippen LogP contribution in [0.1, 0.15) is 12.1 Å². The van der Waals surface area contributed by atoms with E-state index < -0.39 is 0 Å². The van der Waals surface area contributed by atoms with Gasteiger partial charge in [-0.2, -0.15) is 11.8 Å². The van der Waals surface area contributed by atoms with E-state index in [0.29, 0.717) is 6.54 Å². The Morgan fingerprint density at radius 1 is 1.48 bits per heavy atom. The molecule has 0 aliphatic heterocycles. The van der Waals surface area contributed by atoms with Crippen LogP contribution < -0.4 is 4.90 Å². The molecule has 2 aromatic rings. The van der Waals surface area contributed by atoms with Crippen molar-refractivity contribution >= 4 is 28.1 Å². The van der Waals surface area contributed by atoms with Crippen molar-refractivity contribution in [1.29, 1.82) is 0 Å². The Morgan fingerprint density at radius 2 is 2.33 bits per heavy atom. The van der Waals surface area contributed by atoms with E-state index in [2.05, 4.69) is 27.0 Å². The van der Waals surface area contributed by atoms with Gasteiger partial charge in [0.1, 0.15) is 10.0 Å². The molecule has 2 rings (SSSR count). The predicted molar refractivity (Wildman–Crippen MR) is 94.1 cm³/mol. The molecule has 0 N–H and O–H groups in total. The van der Waals surface area contributed by atoms with Crippen LogP contribution in [-0.4, -0.2) is 35.1 Å². The van der Waals surface area contributed by atoms with Gasteiger partial charge in [-0.3, -0.25) is 4.98 Å². The highest BCUT2D eigenvalue weighted by molar-refractivity contribution is 7.98. The number of hydrogen-bond donors (Lipinski definition) is 0. The molecule has 0 saturated carbocycles. The van der Waals surface area contributed by atoms with Gasteiger partial charge in [0.05, 0.1) is 12.2 Å². The van der Waals surface area contributed by atoms with Crippen LogP contribution in [0, 0.1) is 19.3 Å². The summed E-state index contributed by atoms with van der Waals surface area (Å²) >= 11 is 3.56. The molecule has 2 aromatic heterocycles. The fourth-order valence-electron chi connectivity index (χ4n) is 2.06. The maximum absolute atomic E-state index is 5.52. The van der Waals surface area contributed by atoms with Crippen molar-refractivity contribution in [2.24, 2.45) is 0 Å². The lowest BCUT2D eigenvalue weighted by atomic mass is 10.3. The predicted octanol–water partition coefficient (Wildman–Crippen LogP) is 3.71. The molecule has 2 heterocycles. The molecule has 0 bridgehead atoms. The largest absolute Gasteiger partial charge is 0.351 e. The minimum Gasteiger partial charge on any atom is -0.351 e. The summed E-state index contributed by atoms with van der Waals surface area (Å²) < 4.78 is 0. The molecule has 0 atom stereocenters. The van der Waals surface area contributed by atoms with Crippen molar-refractivity contribution in [3.63, 3.8) is 0 Å². The first-order valence-electron chi connectivity index (χ1n) is 6.81. The quantitative estimate of drug-likeness (QED) is 0.575. The molecule has 0 fully saturated rings. The molecule has 0 unspecified atom stereocenters. The van der Waals surface area contributed by atoms with Crippen molar-refractivity contribution in [3.05, 3.63) is 30.2 Å². The van der Waals surface area contributed by atoms with E-state index in [9.17, 15) is 0 Å². The Balaban J connectivity index is 2.21. The normalized spacial score (nSPS) is 10.3. The molecular weight excluding hydrogens is 298 g/mol. The van der Waals surface area contributed by atoms with Gasteiger partial charge < -0.3 is 4.90 Å². The Bertz CT molecular complexity index is 602. The lowest BCUT2D eigenvalue weighted by molar-refractivity contribution is 0.832. The van der Waals surface area contributed by atoms with E-state index >= 15 is 0 Å². The van der Waals surface area contributed by atoms with Gasteiger partial charge in [0.25, 0.3) is 0 Å². The molecule has 21 heavy (non-hydrogen) atoms. The average molecular weight is 317 g/mol. The van der Waals surface area contributed by atoms with Crippen LogP contribution in [0.2, 0.25) is 0 Å². The fourth-order valence-corrected chi connectivity index (χ4v) is 3.56. The number of rotatable bonds is 7. The third kappa shape index (κ3) is 4.23. The van der Waals surface area contributed by atoms with Gasteiger partial charge in [-0.15, -0.1) is 6.42 Å². The summed E-state index contributed by atoms with van der Waals surface area (Å²) in [7, 11) is 0. The van der Waals surface area contributed by atoms with Crippen LogP contribution in [0.3, 0.4) is 0 Å². The molecular formula is C16H19N3S2. The number of anilines is 1. The van der Waals surface area contributed by atoms with Crippen molar-refractivity contribution in [1.82, 2.24) is 9.97 Å². The Kier molecular flexibility index (Phi) is 6.09. The second-order valence-electron chi connectivity index (χ2n) is 4.62. The average Bonchev–Trinajstić information content (AvgIpc) is 2.89. The van der Waals surface area contributed by atoms with Gasteiger partial charge in [-0.05, 0) is 37.5 Å². The third-order valence-corrected chi connectivity index (χ3v) is 4.99. The first kappa shape index (κ1) is 15.9. The van der Waals surface area contributed by atoms with E-state index in [1.807, 2.05) is 37.0 Å². The summed E-state index contributed by atoms with van der Waals surface area (Å²) in [5.74, 6) is 3.90. The second kappa shape index (κ2) is 8.06. The molecule has 3 nitrogen and oxygen atoms in total. The van der Waals surface area contributed by atoms with E-state index in [1.165, 1.54) is 5.00 Å². The lowest BCUT2D eigenvalue weighted by Gasteiger charge is -2.20. The van der Waals surface area contributed by atoms with Crippen LogP contribution >= 0.6 is 23.1 Å². The van der Waals surface area contributed by atoms with Gasteiger partial charge in [0.2, 0.25) is 0 Å². The molecule has 0 aliphatic rings. The van der Waals surface area contributed by atoms with Crippen LogP contribution in [-0.2, 0) is 0 Å². The number of thioether (sulfide) groups is 1. The van der Waals surface area contributed by atoms with Gasteiger partial charge in [0.15, 0.2) is 0 Å². The summed E-state index contributed by atoms with van der Waals surface area (Å²) in [6.07, 6.45) is 12.4. The molecule has 5 heteroatoms. The number of thiazole rings is 1. The summed E-state index contributed by atoms with van der Waals surface area (Å²) in [6.45, 7) is 3.65. The molecule has 0 amide bonds. The Morgan fingerprint density at radius 3 is 3.00 bits per heavy atom. The number of aryl methyl sites for hydroxylation is 1. The monoisotopic (exact) mass is 317 g/mol. The van der Waals surface area contributed by atoms with Crippen LogP contribution in [0.4, 0.5) is 5.00 Å². The molecule has 0 saturated heterocycles. The Hall–Kier alpha value is -1.51. The summed E-state index contributed by atoms with van der Waals surface area (Å²) in [4.78, 5) is 11.1. The molecule has 0 aliphatic carbocycles. The van der Waals surface area contributed by atoms with Crippen LogP contribution in [0.15, 0.2) is 24.5 Å². The van der Waals surface area contributed by atoms with Crippen molar-refractivity contribution in [2.45, 2.75) is 13.3 Å². The Labute approximate surface area is 134 Å². The van der Waals surface area contributed by atoms with E-state index in [-0.39, 0.29) is 0 Å². The highest BCUT2D eigenvalue weighted by Gasteiger charge is 2.15. The summed E-state index contributed by atoms with van der Waals surface area (Å²) in [6, 6.07) is 3.97. The smallest absolute Gasteiger partial charge is 0.127 e. The van der Waals surface area contributed by atoms with Crippen LogP contribution in [0.5, 0.6) is 0 Å². The van der Waals surface area contributed by atoms with Gasteiger partial charge >= 0.3 is 0 Å². The molecule has 0 spiro atoms. The van der Waals surface area contributed by atoms with Crippen molar-refractivity contribution in [3.8, 4) is 22.9 Å². The third-order valence-electron chi connectivity index (χ3n) is 3.03. The zero-order chi connectivity index (χ0) is 15.1. The van der Waals surface area contributed by atoms with E-state index in [4.69, 9.17) is 6.42 Å². The number of hydrogen-bond acceptors (Lipinski definition) is 5. The zero-order valence-corrected chi connectivity index (χ0v) is 14.0. The van der Waals surface area contributed by atoms with Crippen LogP contribution in [0.25, 0.3) is 10.6 Å². The topological polar surface area (TPSA) is 29.0 Å². The summed E-state index contributed by atoms with van der Waals surface area (Å²) in [5.41, 5.74) is 2.10. The minimum absolute atomic E-state index is 0.629. The number of pyridine rings is 1. The summed E-state index contributed by atoms with van der Waals surface area (Å²) in [5, 5.41) is 2.18. The number of nitrogens with zero attached hydrogens (tertiary/aromatic N) is 3. The highest BCUT2D eigenvalue weighted by Crippen LogP contribution is 2.34. The molecule has 0 aromatic carbocycles.